The van der Waals surface area contributed by atoms with Crippen molar-refractivity contribution in [3.8, 4) is 0 Å². The molecule has 8 heteroatoms. The van der Waals surface area contributed by atoms with E-state index in [0.717, 1.165) is 6.42 Å². The van der Waals surface area contributed by atoms with Gasteiger partial charge in [-0.25, -0.2) is 4.79 Å². The monoisotopic (exact) mass is 559 g/mol. The molecule has 2 aliphatic rings. The first-order valence-electron chi connectivity index (χ1n) is 13.8. The summed E-state index contributed by atoms with van der Waals surface area (Å²) in [4.78, 5) is 43.8. The Bertz CT molecular complexity index is 1340. The van der Waals surface area contributed by atoms with Gasteiger partial charge in [0.1, 0.15) is 0 Å². The Morgan fingerprint density at radius 1 is 0.875 bits per heavy atom. The smallest absolute Gasteiger partial charge is 0.336 e. The molecule has 0 bridgehead atoms. The molecule has 7 nitrogen and oxygen atoms in total. The van der Waals surface area contributed by atoms with Crippen LogP contribution in [-0.2, 0) is 15.0 Å². The molecule has 208 valence electrons. The number of nitrogens with zero attached hydrogens (tertiary/aromatic N) is 2. The number of carboxylic acid groups (broad SMARTS) is 1. The van der Waals surface area contributed by atoms with E-state index < -0.39 is 23.2 Å². The first-order valence-corrected chi connectivity index (χ1v) is 14.2. The fraction of sp³-hybridized carbons (Fsp3) is 0.344. The van der Waals surface area contributed by atoms with Crippen molar-refractivity contribution in [1.82, 2.24) is 9.80 Å². The van der Waals surface area contributed by atoms with Crippen LogP contribution in [0.1, 0.15) is 58.8 Å². The van der Waals surface area contributed by atoms with Gasteiger partial charge in [0.2, 0.25) is 11.8 Å². The van der Waals surface area contributed by atoms with E-state index in [1.165, 1.54) is 17.2 Å². The number of hydrogen-bond donors (Lipinski definition) is 2. The summed E-state index contributed by atoms with van der Waals surface area (Å²) < 4.78 is 0. The summed E-state index contributed by atoms with van der Waals surface area (Å²) in [5.74, 6) is -2.79. The van der Waals surface area contributed by atoms with Crippen LogP contribution in [0.25, 0.3) is 0 Å². The van der Waals surface area contributed by atoms with E-state index in [-0.39, 0.29) is 22.5 Å². The van der Waals surface area contributed by atoms with Gasteiger partial charge in [0.25, 0.3) is 0 Å². The average Bonchev–Trinajstić information content (AvgIpc) is 2.98. The number of halogens is 1. The molecule has 1 saturated carbocycles. The van der Waals surface area contributed by atoms with E-state index in [1.807, 2.05) is 36.4 Å². The van der Waals surface area contributed by atoms with Crippen molar-refractivity contribution >= 4 is 29.4 Å². The van der Waals surface area contributed by atoms with Crippen molar-refractivity contribution in [2.75, 3.05) is 26.2 Å². The van der Waals surface area contributed by atoms with Gasteiger partial charge in [-0.2, -0.15) is 0 Å². The summed E-state index contributed by atoms with van der Waals surface area (Å²) in [6, 6.07) is 25.2. The fourth-order valence-corrected chi connectivity index (χ4v) is 6.86. The van der Waals surface area contributed by atoms with Crippen molar-refractivity contribution < 1.29 is 19.5 Å². The van der Waals surface area contributed by atoms with Crippen LogP contribution in [0.3, 0.4) is 0 Å². The summed E-state index contributed by atoms with van der Waals surface area (Å²) >= 11 is 6.16. The third-order valence-electron chi connectivity index (χ3n) is 8.52. The predicted octanol–water partition coefficient (Wildman–Crippen LogP) is 4.89. The molecule has 0 spiro atoms. The van der Waals surface area contributed by atoms with Gasteiger partial charge in [0.15, 0.2) is 0 Å². The lowest BCUT2D eigenvalue weighted by atomic mass is 9.60. The molecule has 40 heavy (non-hydrogen) atoms. The Labute approximate surface area is 239 Å². The van der Waals surface area contributed by atoms with Crippen LogP contribution in [0.4, 0.5) is 0 Å². The lowest BCUT2D eigenvalue weighted by molar-refractivity contribution is -0.147. The van der Waals surface area contributed by atoms with Gasteiger partial charge in [-0.3, -0.25) is 14.5 Å². The minimum absolute atomic E-state index is 0.0385. The Hall–Kier alpha value is -3.68. The van der Waals surface area contributed by atoms with Crippen LogP contribution >= 0.6 is 11.6 Å². The molecule has 0 radical (unpaired) electrons. The number of primary amides is 1. The molecule has 0 aromatic heterocycles. The van der Waals surface area contributed by atoms with Crippen LogP contribution in [0.2, 0.25) is 5.02 Å². The highest BCUT2D eigenvalue weighted by Crippen LogP contribution is 2.47. The van der Waals surface area contributed by atoms with E-state index in [0.29, 0.717) is 51.0 Å². The van der Waals surface area contributed by atoms with Gasteiger partial charge in [0.05, 0.1) is 22.9 Å². The lowest BCUT2D eigenvalue weighted by Crippen LogP contribution is -2.60. The topological polar surface area (TPSA) is 104 Å². The molecule has 1 heterocycles. The van der Waals surface area contributed by atoms with Gasteiger partial charge in [-0.1, -0.05) is 91.2 Å². The number of hydrogen-bond acceptors (Lipinski definition) is 4. The number of carboxylic acids is 1. The maximum atomic E-state index is 14.5. The van der Waals surface area contributed by atoms with Gasteiger partial charge in [-0.05, 0) is 41.7 Å². The number of carbonyl (C=O) groups is 3. The summed E-state index contributed by atoms with van der Waals surface area (Å²) in [6.45, 7) is 2.17. The summed E-state index contributed by atoms with van der Waals surface area (Å²) in [6.07, 6.45) is 2.24. The number of amides is 2. The maximum absolute atomic E-state index is 14.5. The zero-order chi connectivity index (χ0) is 28.3. The van der Waals surface area contributed by atoms with Crippen molar-refractivity contribution in [2.45, 2.75) is 37.1 Å². The highest BCUT2D eigenvalue weighted by molar-refractivity contribution is 6.31. The van der Waals surface area contributed by atoms with E-state index in [2.05, 4.69) is 29.2 Å². The van der Waals surface area contributed by atoms with Gasteiger partial charge in [-0.15, -0.1) is 0 Å². The third kappa shape index (κ3) is 5.23. The van der Waals surface area contributed by atoms with Crippen LogP contribution in [-0.4, -0.2) is 58.9 Å². The molecule has 3 aromatic carbocycles. The number of aromatic carboxylic acids is 1. The van der Waals surface area contributed by atoms with E-state index >= 15 is 0 Å². The van der Waals surface area contributed by atoms with Gasteiger partial charge in [0, 0.05) is 31.2 Å². The largest absolute Gasteiger partial charge is 0.478 e. The zero-order valence-corrected chi connectivity index (χ0v) is 23.1. The number of piperazine rings is 1. The second-order valence-corrected chi connectivity index (χ2v) is 11.2. The lowest BCUT2D eigenvalue weighted by Gasteiger charge is -2.47. The van der Waals surface area contributed by atoms with Crippen LogP contribution in [0.15, 0.2) is 78.9 Å². The van der Waals surface area contributed by atoms with E-state index in [4.69, 9.17) is 17.3 Å². The molecule has 0 unspecified atom stereocenters. The molecule has 1 aliphatic carbocycles. The Morgan fingerprint density at radius 2 is 1.48 bits per heavy atom. The minimum atomic E-state index is -1.34. The number of rotatable bonds is 7. The quantitative estimate of drug-likeness (QED) is 0.429. The summed E-state index contributed by atoms with van der Waals surface area (Å²) in [7, 11) is 0. The minimum Gasteiger partial charge on any atom is -0.478 e. The van der Waals surface area contributed by atoms with Crippen molar-refractivity contribution in [3.05, 3.63) is 106 Å². The molecule has 3 aromatic rings. The summed E-state index contributed by atoms with van der Waals surface area (Å²) in [5.41, 5.74) is 7.19. The highest BCUT2D eigenvalue weighted by atomic mass is 35.5. The molecule has 3 N–H and O–H groups in total. The molecular formula is C32H34ClN3O4. The second kappa shape index (κ2) is 11.8. The first kappa shape index (κ1) is 27.9. The van der Waals surface area contributed by atoms with Crippen molar-refractivity contribution in [3.63, 3.8) is 0 Å². The SMILES string of the molecule is NC(=O)[C@H]1CCCC[C@@]1(C(=O)N1CCN(C(c2ccccc2)c2ccccc2)CC1)c1ccc(Cl)cc1C(=O)O. The highest BCUT2D eigenvalue weighted by Gasteiger charge is 2.54. The molecular weight excluding hydrogens is 526 g/mol. The average molecular weight is 560 g/mol. The maximum Gasteiger partial charge on any atom is 0.336 e. The van der Waals surface area contributed by atoms with Gasteiger partial charge >= 0.3 is 5.97 Å². The number of carbonyl (C=O) groups excluding carboxylic acids is 2. The molecule has 2 amide bonds. The standard InChI is InChI=1S/C32H34ClN3O4/c33-24-14-15-26(25(21-24)30(38)39)32(16-8-7-13-27(32)29(34)37)31(40)36-19-17-35(18-20-36)28(22-9-3-1-4-10-22)23-11-5-2-6-12-23/h1-6,9-12,14-15,21,27-28H,7-8,13,16-20H2,(H2,34,37)(H,38,39)/t27-,32-/m1/s1. The molecule has 5 rings (SSSR count). The zero-order valence-electron chi connectivity index (χ0n) is 22.3. The first-order chi connectivity index (χ1) is 19.3. The normalized spacial score (nSPS) is 21.8. The van der Waals surface area contributed by atoms with Crippen LogP contribution in [0.5, 0.6) is 0 Å². The molecule has 1 aliphatic heterocycles. The predicted molar refractivity (Wildman–Crippen MR) is 154 cm³/mol. The summed E-state index contributed by atoms with van der Waals surface area (Å²) in [5, 5.41) is 10.3. The van der Waals surface area contributed by atoms with E-state index in [1.54, 1.807) is 17.0 Å². The number of benzene rings is 3. The molecule has 1 saturated heterocycles. The van der Waals surface area contributed by atoms with Crippen molar-refractivity contribution in [2.24, 2.45) is 11.7 Å². The van der Waals surface area contributed by atoms with Crippen LogP contribution < -0.4 is 5.73 Å². The molecule has 2 atom stereocenters. The Balaban J connectivity index is 1.48. The Kier molecular flexibility index (Phi) is 8.24. The Morgan fingerprint density at radius 3 is 2.02 bits per heavy atom. The van der Waals surface area contributed by atoms with Crippen LogP contribution in [0, 0.1) is 5.92 Å². The van der Waals surface area contributed by atoms with E-state index in [9.17, 15) is 19.5 Å². The van der Waals surface area contributed by atoms with Crippen molar-refractivity contribution in [1.29, 1.82) is 0 Å². The number of nitrogens with two attached hydrogens (primary N) is 1. The third-order valence-corrected chi connectivity index (χ3v) is 8.76. The second-order valence-electron chi connectivity index (χ2n) is 10.7. The molecule has 2 fully saturated rings. The fourth-order valence-electron chi connectivity index (χ4n) is 6.68. The van der Waals surface area contributed by atoms with Gasteiger partial charge < -0.3 is 15.7 Å².